The van der Waals surface area contributed by atoms with Gasteiger partial charge in [-0.15, -0.1) is 0 Å². The van der Waals surface area contributed by atoms with Gasteiger partial charge in [0.2, 0.25) is 0 Å². The summed E-state index contributed by atoms with van der Waals surface area (Å²) >= 11 is 5.36. The Morgan fingerprint density at radius 3 is 2.15 bits per heavy atom. The number of thiocarbonyl (C=S) groups is 1. The van der Waals surface area contributed by atoms with Crippen LogP contribution in [0.3, 0.4) is 0 Å². The molecule has 7 heteroatoms. The third-order valence-corrected chi connectivity index (χ3v) is 5.20. The van der Waals surface area contributed by atoms with Crippen molar-refractivity contribution >= 4 is 34.8 Å². The van der Waals surface area contributed by atoms with Gasteiger partial charge < -0.3 is 15.4 Å². The Morgan fingerprint density at radius 1 is 0.824 bits per heavy atom. The Labute approximate surface area is 205 Å². The van der Waals surface area contributed by atoms with Crippen molar-refractivity contribution in [1.29, 1.82) is 0 Å². The molecule has 0 fully saturated rings. The number of carbonyl (C=O) groups is 2. The molecule has 1 atom stereocenters. The highest BCUT2D eigenvalue weighted by Crippen LogP contribution is 2.20. The van der Waals surface area contributed by atoms with Crippen LogP contribution in [-0.2, 0) is 0 Å². The molecule has 6 nitrogen and oxygen atoms in total. The van der Waals surface area contributed by atoms with Crippen LogP contribution >= 0.6 is 12.2 Å². The molecule has 3 aromatic carbocycles. The lowest BCUT2D eigenvalue weighted by Gasteiger charge is -2.17. The number of nitrogens with one attached hydrogen (secondary N) is 3. The minimum atomic E-state index is -0.392. The van der Waals surface area contributed by atoms with Gasteiger partial charge in [-0.25, -0.2) is 0 Å². The number of benzene rings is 3. The SMILES string of the molecule is CC(C)COc1ccccc1C(=O)NC(=S)Nc1ccccc1C(=O)NC(C)c1ccccc1. The summed E-state index contributed by atoms with van der Waals surface area (Å²) < 4.78 is 5.77. The van der Waals surface area contributed by atoms with Crippen LogP contribution in [-0.4, -0.2) is 23.5 Å². The topological polar surface area (TPSA) is 79.5 Å². The Hall–Kier alpha value is -3.71. The minimum absolute atomic E-state index is 0.0834. The lowest BCUT2D eigenvalue weighted by Crippen LogP contribution is -2.35. The van der Waals surface area contributed by atoms with Crippen LogP contribution < -0.4 is 20.7 Å². The van der Waals surface area contributed by atoms with Crippen LogP contribution in [0.1, 0.15) is 53.1 Å². The maximum absolute atomic E-state index is 12.9. The fourth-order valence-electron chi connectivity index (χ4n) is 3.25. The molecule has 0 saturated heterocycles. The average molecular weight is 476 g/mol. The van der Waals surface area contributed by atoms with Crippen molar-refractivity contribution in [3.63, 3.8) is 0 Å². The fraction of sp³-hybridized carbons (Fsp3) is 0.222. The molecule has 3 N–H and O–H groups in total. The molecule has 0 aromatic heterocycles. The zero-order chi connectivity index (χ0) is 24.5. The molecule has 0 spiro atoms. The highest BCUT2D eigenvalue weighted by Gasteiger charge is 2.17. The van der Waals surface area contributed by atoms with Crippen LogP contribution in [0.2, 0.25) is 0 Å². The molecular weight excluding hydrogens is 446 g/mol. The van der Waals surface area contributed by atoms with Crippen LogP contribution in [0.15, 0.2) is 78.9 Å². The summed E-state index contributed by atoms with van der Waals surface area (Å²) in [5, 5.41) is 8.73. The van der Waals surface area contributed by atoms with E-state index in [1.165, 1.54) is 0 Å². The number of hydrogen-bond donors (Lipinski definition) is 3. The summed E-state index contributed by atoms with van der Waals surface area (Å²) in [6, 6.07) is 23.6. The predicted molar refractivity (Wildman–Crippen MR) is 139 cm³/mol. The first-order valence-electron chi connectivity index (χ1n) is 11.1. The van der Waals surface area contributed by atoms with Gasteiger partial charge in [0, 0.05) is 0 Å². The van der Waals surface area contributed by atoms with Crippen molar-refractivity contribution in [3.05, 3.63) is 95.6 Å². The van der Waals surface area contributed by atoms with E-state index in [2.05, 4.69) is 16.0 Å². The van der Waals surface area contributed by atoms with Crippen LogP contribution in [0.25, 0.3) is 0 Å². The number of anilines is 1. The second-order valence-electron chi connectivity index (χ2n) is 8.26. The second-order valence-corrected chi connectivity index (χ2v) is 8.67. The van der Waals surface area contributed by atoms with Gasteiger partial charge in [-0.2, -0.15) is 0 Å². The summed E-state index contributed by atoms with van der Waals surface area (Å²) in [7, 11) is 0. The van der Waals surface area contributed by atoms with Crippen LogP contribution in [0.5, 0.6) is 5.75 Å². The van der Waals surface area contributed by atoms with Gasteiger partial charge in [-0.05, 0) is 54.9 Å². The van der Waals surface area contributed by atoms with E-state index in [0.29, 0.717) is 35.1 Å². The largest absolute Gasteiger partial charge is 0.492 e. The molecule has 34 heavy (non-hydrogen) atoms. The molecule has 3 rings (SSSR count). The van der Waals surface area contributed by atoms with Gasteiger partial charge in [0.15, 0.2) is 5.11 Å². The molecule has 2 amide bonds. The monoisotopic (exact) mass is 475 g/mol. The van der Waals surface area contributed by atoms with E-state index < -0.39 is 5.91 Å². The van der Waals surface area contributed by atoms with Crippen molar-refractivity contribution < 1.29 is 14.3 Å². The molecule has 0 bridgehead atoms. The first-order chi connectivity index (χ1) is 16.3. The first-order valence-corrected chi connectivity index (χ1v) is 11.5. The van der Waals surface area contributed by atoms with Crippen LogP contribution in [0, 0.1) is 5.92 Å². The highest BCUT2D eigenvalue weighted by molar-refractivity contribution is 7.80. The van der Waals surface area contributed by atoms with Gasteiger partial charge in [0.1, 0.15) is 5.75 Å². The molecule has 0 aliphatic carbocycles. The predicted octanol–water partition coefficient (Wildman–Crippen LogP) is 5.34. The number of para-hydroxylation sites is 2. The number of carbonyl (C=O) groups excluding carboxylic acids is 2. The summed E-state index contributed by atoms with van der Waals surface area (Å²) in [6.45, 7) is 6.50. The highest BCUT2D eigenvalue weighted by atomic mass is 32.1. The van der Waals surface area contributed by atoms with Gasteiger partial charge in [0.25, 0.3) is 11.8 Å². The van der Waals surface area contributed by atoms with Crippen molar-refractivity contribution in [2.24, 2.45) is 5.92 Å². The summed E-state index contributed by atoms with van der Waals surface area (Å²) in [5.41, 5.74) is 2.30. The molecule has 0 heterocycles. The maximum Gasteiger partial charge on any atom is 0.261 e. The van der Waals surface area contributed by atoms with E-state index in [9.17, 15) is 9.59 Å². The maximum atomic E-state index is 12.9. The third kappa shape index (κ3) is 6.89. The molecule has 0 aliphatic rings. The molecule has 176 valence electrons. The lowest BCUT2D eigenvalue weighted by atomic mass is 10.1. The summed E-state index contributed by atoms with van der Waals surface area (Å²) in [4.78, 5) is 25.8. The molecule has 1 unspecified atom stereocenters. The van der Waals surface area contributed by atoms with Gasteiger partial charge in [-0.1, -0.05) is 68.4 Å². The fourth-order valence-corrected chi connectivity index (χ4v) is 3.45. The van der Waals surface area contributed by atoms with E-state index >= 15 is 0 Å². The summed E-state index contributed by atoms with van der Waals surface area (Å²) in [5.74, 6) is 0.176. The Kier molecular flexibility index (Phi) is 8.76. The van der Waals surface area contributed by atoms with Gasteiger partial charge in [0.05, 0.1) is 29.5 Å². The van der Waals surface area contributed by atoms with Crippen molar-refractivity contribution in [2.45, 2.75) is 26.8 Å². The zero-order valence-electron chi connectivity index (χ0n) is 19.5. The van der Waals surface area contributed by atoms with Crippen molar-refractivity contribution in [2.75, 3.05) is 11.9 Å². The molecule has 0 aliphatic heterocycles. The third-order valence-electron chi connectivity index (χ3n) is 5.00. The Bertz CT molecular complexity index is 1150. The minimum Gasteiger partial charge on any atom is -0.492 e. The number of ether oxygens (including phenoxy) is 1. The Morgan fingerprint density at radius 2 is 1.44 bits per heavy atom. The number of rotatable bonds is 8. The zero-order valence-corrected chi connectivity index (χ0v) is 20.3. The van der Waals surface area contributed by atoms with Crippen molar-refractivity contribution in [3.8, 4) is 5.75 Å². The molecular formula is C27H29N3O3S. The lowest BCUT2D eigenvalue weighted by molar-refractivity contribution is 0.0939. The van der Waals surface area contributed by atoms with E-state index in [1.807, 2.05) is 57.2 Å². The van der Waals surface area contributed by atoms with E-state index in [0.717, 1.165) is 5.56 Å². The van der Waals surface area contributed by atoms with E-state index in [-0.39, 0.29) is 17.1 Å². The van der Waals surface area contributed by atoms with E-state index in [1.54, 1.807) is 42.5 Å². The van der Waals surface area contributed by atoms with E-state index in [4.69, 9.17) is 17.0 Å². The normalized spacial score (nSPS) is 11.4. The number of hydrogen-bond acceptors (Lipinski definition) is 4. The van der Waals surface area contributed by atoms with Gasteiger partial charge in [-0.3, -0.25) is 14.9 Å². The molecule has 0 radical (unpaired) electrons. The smallest absolute Gasteiger partial charge is 0.261 e. The van der Waals surface area contributed by atoms with Gasteiger partial charge >= 0.3 is 0 Å². The molecule has 3 aromatic rings. The van der Waals surface area contributed by atoms with Crippen LogP contribution in [0.4, 0.5) is 5.69 Å². The standard InChI is InChI=1S/C27H29N3O3S/c1-18(2)17-33-24-16-10-8-14-22(24)26(32)30-27(34)29-23-15-9-7-13-21(23)25(31)28-19(3)20-11-5-4-6-12-20/h4-16,18-19H,17H2,1-3H3,(H,28,31)(H2,29,30,32,34). The first kappa shape index (κ1) is 24.9. The summed E-state index contributed by atoms with van der Waals surface area (Å²) in [6.07, 6.45) is 0. The quantitative estimate of drug-likeness (QED) is 0.383. The average Bonchev–Trinajstić information content (AvgIpc) is 2.83. The van der Waals surface area contributed by atoms with Crippen molar-refractivity contribution in [1.82, 2.24) is 10.6 Å². The second kappa shape index (κ2) is 12.0. The Balaban J connectivity index is 1.67. The molecule has 0 saturated carbocycles. The number of amides is 2.